The van der Waals surface area contributed by atoms with E-state index in [1.165, 1.54) is 0 Å². The van der Waals surface area contributed by atoms with Gasteiger partial charge in [-0.2, -0.15) is 5.10 Å². The molecule has 2 heterocycles. The maximum atomic E-state index is 12.3. The summed E-state index contributed by atoms with van der Waals surface area (Å²) >= 11 is 0. The van der Waals surface area contributed by atoms with Crippen molar-refractivity contribution in [3.63, 3.8) is 0 Å². The van der Waals surface area contributed by atoms with E-state index in [0.717, 1.165) is 5.56 Å². The van der Waals surface area contributed by atoms with Crippen LogP contribution in [0.4, 0.5) is 0 Å². The van der Waals surface area contributed by atoms with Gasteiger partial charge in [-0.25, -0.2) is 14.9 Å². The molecule has 23 heavy (non-hydrogen) atoms. The van der Waals surface area contributed by atoms with Crippen LogP contribution in [0.2, 0.25) is 0 Å². The Hall–Kier alpha value is -3.16. The molecule has 8 heteroatoms. The van der Waals surface area contributed by atoms with Gasteiger partial charge in [0.1, 0.15) is 5.69 Å². The topological polar surface area (TPSA) is 108 Å². The van der Waals surface area contributed by atoms with Crippen LogP contribution in [-0.2, 0) is 13.5 Å². The fraction of sp³-hybridized carbons (Fsp3) is 0.200. The lowest BCUT2D eigenvalue weighted by Crippen LogP contribution is -2.31. The van der Waals surface area contributed by atoms with E-state index in [-0.39, 0.29) is 5.91 Å². The first-order chi connectivity index (χ1) is 11.1. The molecule has 0 aliphatic rings. The molecule has 2 aromatic heterocycles. The zero-order valence-corrected chi connectivity index (χ0v) is 12.5. The zero-order chi connectivity index (χ0) is 16.2. The summed E-state index contributed by atoms with van der Waals surface area (Å²) in [5.41, 5.74) is 0.913. The summed E-state index contributed by atoms with van der Waals surface area (Å²) in [5.74, 6) is 0.0542. The third-order valence-electron chi connectivity index (χ3n) is 3.38. The number of carbonyl (C=O) groups is 1. The first kappa shape index (κ1) is 14.8. The van der Waals surface area contributed by atoms with Crippen molar-refractivity contribution in [2.24, 2.45) is 7.05 Å². The number of rotatable bonds is 5. The molecular weight excluding hydrogens is 296 g/mol. The Kier molecular flexibility index (Phi) is 4.05. The Morgan fingerprint density at radius 1 is 1.35 bits per heavy atom. The van der Waals surface area contributed by atoms with Crippen LogP contribution in [0.15, 0.2) is 47.7 Å². The monoisotopic (exact) mass is 312 g/mol. The van der Waals surface area contributed by atoms with Crippen molar-refractivity contribution in [3.8, 4) is 0 Å². The van der Waals surface area contributed by atoms with Crippen molar-refractivity contribution >= 4 is 5.91 Å². The van der Waals surface area contributed by atoms with E-state index in [1.807, 2.05) is 30.3 Å². The minimum atomic E-state index is -0.467. The Morgan fingerprint density at radius 2 is 2.13 bits per heavy atom. The van der Waals surface area contributed by atoms with Gasteiger partial charge in [0.25, 0.3) is 5.91 Å². The van der Waals surface area contributed by atoms with Crippen LogP contribution in [0.5, 0.6) is 0 Å². The van der Waals surface area contributed by atoms with Crippen molar-refractivity contribution in [1.29, 1.82) is 0 Å². The van der Waals surface area contributed by atoms with E-state index < -0.39 is 11.7 Å². The van der Waals surface area contributed by atoms with E-state index in [0.29, 0.717) is 17.9 Å². The van der Waals surface area contributed by atoms with Crippen LogP contribution in [0.3, 0.4) is 0 Å². The molecule has 3 N–H and O–H groups in total. The number of nitrogens with one attached hydrogen (secondary N) is 3. The van der Waals surface area contributed by atoms with Crippen molar-refractivity contribution in [3.05, 3.63) is 70.4 Å². The maximum absolute atomic E-state index is 12.3. The van der Waals surface area contributed by atoms with Gasteiger partial charge in [0.05, 0.1) is 12.4 Å². The van der Waals surface area contributed by atoms with Gasteiger partial charge < -0.3 is 9.88 Å². The van der Waals surface area contributed by atoms with Gasteiger partial charge in [0.15, 0.2) is 5.82 Å². The zero-order valence-electron chi connectivity index (χ0n) is 12.5. The predicted molar refractivity (Wildman–Crippen MR) is 82.8 cm³/mol. The number of imidazole rings is 1. The second-order valence-electron chi connectivity index (χ2n) is 5.20. The quantitative estimate of drug-likeness (QED) is 0.639. The summed E-state index contributed by atoms with van der Waals surface area (Å²) in [7, 11) is 1.79. The smallest absolute Gasteiger partial charge is 0.340 e. The molecule has 0 aliphatic carbocycles. The molecule has 0 bridgehead atoms. The SMILES string of the molecule is Cn1cnc(C(=O)NC(Cc2ccccc2)c2n[nH]c(=O)[nH]2)c1. The molecule has 1 aromatic carbocycles. The van der Waals surface area contributed by atoms with E-state index >= 15 is 0 Å². The third kappa shape index (κ3) is 3.54. The molecule has 3 aromatic rings. The Balaban J connectivity index is 1.83. The van der Waals surface area contributed by atoms with Gasteiger partial charge in [0, 0.05) is 13.2 Å². The normalized spacial score (nSPS) is 12.0. The molecule has 0 saturated carbocycles. The summed E-state index contributed by atoms with van der Waals surface area (Å²) < 4.78 is 1.69. The van der Waals surface area contributed by atoms with Crippen LogP contribution in [0, 0.1) is 0 Å². The first-order valence-electron chi connectivity index (χ1n) is 7.09. The van der Waals surface area contributed by atoms with Crippen LogP contribution in [0.1, 0.15) is 27.9 Å². The summed E-state index contributed by atoms with van der Waals surface area (Å²) in [6.45, 7) is 0. The Morgan fingerprint density at radius 3 is 2.74 bits per heavy atom. The molecule has 118 valence electrons. The average molecular weight is 312 g/mol. The lowest BCUT2D eigenvalue weighted by molar-refractivity contribution is 0.0930. The number of amides is 1. The van der Waals surface area contributed by atoms with Gasteiger partial charge in [-0.05, 0) is 12.0 Å². The molecule has 0 spiro atoms. The molecule has 1 amide bonds. The third-order valence-corrected chi connectivity index (χ3v) is 3.38. The standard InChI is InChI=1S/C15H16N6O2/c1-21-8-12(16-9-21)14(22)17-11(13-18-15(23)20-19-13)7-10-5-3-2-4-6-10/h2-6,8-9,11H,7H2,1H3,(H,17,22)(H2,18,19,20,23). The van der Waals surface area contributed by atoms with Gasteiger partial charge in [-0.1, -0.05) is 30.3 Å². The molecule has 0 aliphatic heterocycles. The highest BCUT2D eigenvalue weighted by molar-refractivity contribution is 5.92. The van der Waals surface area contributed by atoms with Crippen molar-refractivity contribution in [2.75, 3.05) is 0 Å². The van der Waals surface area contributed by atoms with E-state index in [9.17, 15) is 9.59 Å². The number of carbonyl (C=O) groups excluding carboxylic acids is 1. The lowest BCUT2D eigenvalue weighted by Gasteiger charge is -2.15. The summed E-state index contributed by atoms with van der Waals surface area (Å²) in [6, 6.07) is 9.18. The fourth-order valence-electron chi connectivity index (χ4n) is 2.28. The Bertz CT molecular complexity index is 848. The van der Waals surface area contributed by atoms with Crippen LogP contribution in [-0.4, -0.2) is 30.6 Å². The summed E-state index contributed by atoms with van der Waals surface area (Å²) in [6.07, 6.45) is 3.68. The second kappa shape index (κ2) is 6.30. The summed E-state index contributed by atoms with van der Waals surface area (Å²) in [5, 5.41) is 9.11. The molecule has 0 saturated heterocycles. The Labute approximate surface area is 131 Å². The first-order valence-corrected chi connectivity index (χ1v) is 7.09. The highest BCUT2D eigenvalue weighted by atomic mass is 16.2. The van der Waals surface area contributed by atoms with E-state index in [2.05, 4.69) is 25.5 Å². The van der Waals surface area contributed by atoms with Gasteiger partial charge in [0.2, 0.25) is 0 Å². The fourth-order valence-corrected chi connectivity index (χ4v) is 2.28. The number of aromatic amines is 2. The van der Waals surface area contributed by atoms with Crippen LogP contribution >= 0.6 is 0 Å². The van der Waals surface area contributed by atoms with Crippen molar-refractivity contribution < 1.29 is 4.79 Å². The maximum Gasteiger partial charge on any atom is 0.340 e. The molecule has 1 atom stereocenters. The van der Waals surface area contributed by atoms with Crippen LogP contribution in [0.25, 0.3) is 0 Å². The molecule has 0 radical (unpaired) electrons. The van der Waals surface area contributed by atoms with Crippen molar-refractivity contribution in [1.82, 2.24) is 30.0 Å². The highest BCUT2D eigenvalue weighted by Crippen LogP contribution is 2.14. The average Bonchev–Trinajstić information content (AvgIpc) is 3.16. The largest absolute Gasteiger partial charge is 0.340 e. The van der Waals surface area contributed by atoms with Gasteiger partial charge in [-0.3, -0.25) is 9.78 Å². The number of hydrogen-bond acceptors (Lipinski definition) is 4. The molecule has 1 unspecified atom stereocenters. The number of H-pyrrole nitrogens is 2. The molecule has 0 fully saturated rings. The number of aryl methyl sites for hydroxylation is 1. The molecule has 3 rings (SSSR count). The van der Waals surface area contributed by atoms with E-state index in [1.54, 1.807) is 24.1 Å². The van der Waals surface area contributed by atoms with Gasteiger partial charge >= 0.3 is 5.69 Å². The van der Waals surface area contributed by atoms with E-state index in [4.69, 9.17) is 0 Å². The minimum Gasteiger partial charge on any atom is -0.340 e. The molecule has 8 nitrogen and oxygen atoms in total. The number of aromatic nitrogens is 5. The number of hydrogen-bond donors (Lipinski definition) is 3. The van der Waals surface area contributed by atoms with Crippen molar-refractivity contribution in [2.45, 2.75) is 12.5 Å². The highest BCUT2D eigenvalue weighted by Gasteiger charge is 2.20. The van der Waals surface area contributed by atoms with Crippen LogP contribution < -0.4 is 11.0 Å². The number of nitrogens with zero attached hydrogens (tertiary/aromatic N) is 3. The lowest BCUT2D eigenvalue weighted by atomic mass is 10.1. The second-order valence-corrected chi connectivity index (χ2v) is 5.20. The minimum absolute atomic E-state index is 0.309. The molecular formula is C15H16N6O2. The van der Waals surface area contributed by atoms with Gasteiger partial charge in [-0.15, -0.1) is 0 Å². The summed E-state index contributed by atoms with van der Waals surface area (Å²) in [4.78, 5) is 30.2. The number of benzene rings is 1. The predicted octanol–water partition coefficient (Wildman–Crippen LogP) is 0.545.